The van der Waals surface area contributed by atoms with Gasteiger partial charge in [-0.3, -0.25) is 4.18 Å². The standard InChI is InChI=1S/C57H94O29S.Na/c1-10-19(2)32(59)49-57(9,71)48-30(79-49)17-27-25-16-29(28-15-24(86-87(72,73)74)11-13-55(28,7)26(25)12-14-56(27,48)8)80-52-43(70)45(35(62)22(5)77-52)83-53-47(85-51-41(68)38(65)34(61)21(4)76-51)42(69)44(23(6)78-53)82-54-46(39(66)36(63)31(18-58)81-54)84-50-40(67)37(64)33(60)20(3)75-50;/h12,19-25,27-54,58-71H,10-11,13-18H2,1-9H3,(H,72,73,74);/q;+1/p-1/t19?,20-,21-,22-,23-,24+,25-,27+,28-,29+,30+,31-,32+,33+,34-,35-,36-,37+,38+,39+,40-,41-,42+,43-,44-,45+,46-,47-,48+,49+,50+,51+,52+,53+,54+,55-,56+,57-;/m1./s1. The summed E-state index contributed by atoms with van der Waals surface area (Å²) in [4.78, 5) is 0. The van der Waals surface area contributed by atoms with Crippen molar-refractivity contribution in [3.63, 3.8) is 0 Å². The zero-order valence-electron chi connectivity index (χ0n) is 51.2. The average molecular weight is 1300 g/mol. The van der Waals surface area contributed by atoms with Crippen molar-refractivity contribution in [3.8, 4) is 0 Å². The molecule has 6 aliphatic heterocycles. The normalized spacial score (nSPS) is 54.6. The number of hydrogen-bond acceptors (Lipinski definition) is 29. The van der Waals surface area contributed by atoms with Crippen molar-refractivity contribution in [1.82, 2.24) is 0 Å². The van der Waals surface area contributed by atoms with Crippen molar-refractivity contribution in [3.05, 3.63) is 11.6 Å². The summed E-state index contributed by atoms with van der Waals surface area (Å²) in [5, 5.41) is 158. The summed E-state index contributed by atoms with van der Waals surface area (Å²) in [5.41, 5.74) is -1.54. The largest absolute Gasteiger partial charge is 1.00 e. The van der Waals surface area contributed by atoms with Crippen LogP contribution in [0.5, 0.6) is 0 Å². The van der Waals surface area contributed by atoms with Crippen LogP contribution in [-0.4, -0.2) is 281 Å². The average Bonchev–Trinajstić information content (AvgIpc) is 2.50. The molecule has 0 aromatic carbocycles. The molecule has 4 aliphatic carbocycles. The van der Waals surface area contributed by atoms with Gasteiger partial charge in [-0.2, -0.15) is 0 Å². The van der Waals surface area contributed by atoms with E-state index in [0.29, 0.717) is 25.7 Å². The van der Waals surface area contributed by atoms with E-state index in [1.165, 1.54) is 27.7 Å². The van der Waals surface area contributed by atoms with E-state index < -0.39 is 223 Å². The number of rotatable bonds is 16. The van der Waals surface area contributed by atoms with Crippen LogP contribution < -0.4 is 29.6 Å². The van der Waals surface area contributed by atoms with Crippen molar-refractivity contribution in [2.24, 2.45) is 40.4 Å². The van der Waals surface area contributed by atoms with Gasteiger partial charge in [-0.1, -0.05) is 45.8 Å². The number of aliphatic hydroxyl groups excluding tert-OH is 13. The summed E-state index contributed by atoms with van der Waals surface area (Å²) in [6.45, 7) is 14.5. The Morgan fingerprint density at radius 3 is 1.70 bits per heavy atom. The molecular weight excluding hydrogens is 1200 g/mol. The maximum atomic E-state index is 12.5. The maximum absolute atomic E-state index is 12.5. The van der Waals surface area contributed by atoms with Crippen molar-refractivity contribution < 1.29 is 170 Å². The minimum absolute atomic E-state index is 0. The predicted octanol–water partition coefficient (Wildman–Crippen LogP) is -6.85. The third-order valence-electron chi connectivity index (χ3n) is 21.7. The Morgan fingerprint density at radius 1 is 0.614 bits per heavy atom. The molecule has 502 valence electrons. The molecule has 14 N–H and O–H groups in total. The SMILES string of the molecule is CCC(C)[C@H](O)[C@@H]1O[C@H]2C[C@H]3[C@@H]4C[C@H](O[C@@H]5O[C@H](C)[C@@H](O)[C@H](O[C@@H]6O[C@H](C)[C@@H](O[C@@H]7O[C@H](CO)[C@@H](O)[C@H](O)[C@H]7O[C@@H]7O[C@H](C)[C@H](O)[C@H](O)[C@H]7O)[C@H](O)[C@H]6O[C@@H]6O[C@H](C)[C@@H](O)[C@H](O)[C@H]6O)[C@H]5O)[C@H]5C[C@@H](OS(=O)(=O)[O-])CC[C@]5(C)C4=CC[C@]3(C)[C@H]2[C@@]1(C)O.[Na+]. The summed E-state index contributed by atoms with van der Waals surface area (Å²) in [5.74, 6) is -1.39. The monoisotopic (exact) mass is 1300 g/mol. The summed E-state index contributed by atoms with van der Waals surface area (Å²) in [6.07, 6.45) is -42.0. The number of fused-ring (bicyclic) bond motifs is 7. The molecule has 10 rings (SSSR count). The van der Waals surface area contributed by atoms with E-state index in [9.17, 15) is 84.5 Å². The van der Waals surface area contributed by atoms with Crippen LogP contribution in [0.4, 0.5) is 0 Å². The fraction of sp³-hybridized carbons (Fsp3) is 0.965. The second kappa shape index (κ2) is 27.3. The summed E-state index contributed by atoms with van der Waals surface area (Å²) >= 11 is 0. The van der Waals surface area contributed by atoms with Crippen molar-refractivity contribution >= 4 is 10.4 Å². The molecule has 3 saturated carbocycles. The molecule has 88 heavy (non-hydrogen) atoms. The molecule has 9 fully saturated rings. The number of hydrogen-bond donors (Lipinski definition) is 14. The molecule has 0 radical (unpaired) electrons. The molecule has 38 atom stereocenters. The van der Waals surface area contributed by atoms with Gasteiger partial charge in [0.1, 0.15) is 104 Å². The zero-order chi connectivity index (χ0) is 63.6. The summed E-state index contributed by atoms with van der Waals surface area (Å²) < 4.78 is 110. The molecule has 0 spiro atoms. The van der Waals surface area contributed by atoms with Crippen molar-refractivity contribution in [2.75, 3.05) is 6.61 Å². The van der Waals surface area contributed by atoms with E-state index >= 15 is 0 Å². The van der Waals surface area contributed by atoms with Gasteiger partial charge in [-0.15, -0.1) is 0 Å². The van der Waals surface area contributed by atoms with Gasteiger partial charge in [0.05, 0.1) is 61.0 Å². The quantitative estimate of drug-likeness (QED) is 0.0296. The van der Waals surface area contributed by atoms with Crippen LogP contribution in [0.1, 0.15) is 107 Å². The number of allylic oxidation sites excluding steroid dienone is 2. The minimum atomic E-state index is -5.15. The Morgan fingerprint density at radius 2 is 1.14 bits per heavy atom. The molecule has 0 aromatic heterocycles. The molecule has 0 aromatic rings. The second-order valence-corrected chi connectivity index (χ2v) is 28.2. The molecule has 1 unspecified atom stereocenters. The van der Waals surface area contributed by atoms with Crippen LogP contribution >= 0.6 is 0 Å². The van der Waals surface area contributed by atoms with Crippen molar-refractivity contribution in [1.29, 1.82) is 0 Å². The van der Waals surface area contributed by atoms with Gasteiger partial charge in [0.25, 0.3) is 0 Å². The van der Waals surface area contributed by atoms with E-state index in [2.05, 4.69) is 19.9 Å². The molecule has 31 heteroatoms. The number of ether oxygens (including phenoxy) is 11. The molecular formula is C57H93NaO29S. The third-order valence-corrected chi connectivity index (χ3v) is 22.3. The van der Waals surface area contributed by atoms with Gasteiger partial charge in [0, 0.05) is 5.92 Å². The van der Waals surface area contributed by atoms with Gasteiger partial charge >= 0.3 is 29.6 Å². The Bertz CT molecular complexity index is 2510. The van der Waals surface area contributed by atoms with Gasteiger partial charge in [0.2, 0.25) is 10.4 Å². The van der Waals surface area contributed by atoms with Crippen LogP contribution in [0.3, 0.4) is 0 Å². The Labute approximate surface area is 533 Å². The minimum Gasteiger partial charge on any atom is -0.726 e. The molecule has 29 nitrogen and oxygen atoms in total. The Kier molecular flexibility index (Phi) is 22.3. The Hall–Kier alpha value is -0.390. The molecule has 6 heterocycles. The van der Waals surface area contributed by atoms with Gasteiger partial charge < -0.3 is 128 Å². The zero-order valence-corrected chi connectivity index (χ0v) is 54.1. The maximum Gasteiger partial charge on any atom is 1.00 e. The van der Waals surface area contributed by atoms with Gasteiger partial charge in [-0.05, 0) is 108 Å². The first-order valence-electron chi connectivity index (χ1n) is 30.7. The van der Waals surface area contributed by atoms with Crippen LogP contribution in [0.2, 0.25) is 0 Å². The summed E-state index contributed by atoms with van der Waals surface area (Å²) in [7, 11) is -5.15. The second-order valence-electron chi connectivity index (χ2n) is 27.2. The first kappa shape index (κ1) is 71.9. The topological polar surface area (TPSA) is 451 Å². The predicted molar refractivity (Wildman–Crippen MR) is 289 cm³/mol. The molecule has 10 aliphatic rings. The van der Waals surface area contributed by atoms with Crippen molar-refractivity contribution in [2.45, 2.75) is 297 Å². The Balaban J connectivity index is 0.00000922. The van der Waals surface area contributed by atoms with Crippen LogP contribution in [0.15, 0.2) is 11.6 Å². The third kappa shape index (κ3) is 13.1. The van der Waals surface area contributed by atoms with Crippen LogP contribution in [0, 0.1) is 40.4 Å². The molecule has 6 saturated heterocycles. The van der Waals surface area contributed by atoms with E-state index in [1.54, 1.807) is 6.92 Å². The van der Waals surface area contributed by atoms with Crippen LogP contribution in [-0.2, 0) is 66.7 Å². The fourth-order valence-corrected chi connectivity index (χ4v) is 17.1. The first-order valence-corrected chi connectivity index (χ1v) is 32.0. The number of aliphatic hydroxyl groups is 14. The molecule has 0 bridgehead atoms. The van der Waals surface area contributed by atoms with E-state index in [-0.39, 0.29) is 72.5 Å². The fourth-order valence-electron chi connectivity index (χ4n) is 16.6. The smallest absolute Gasteiger partial charge is 0.726 e. The van der Waals surface area contributed by atoms with Gasteiger partial charge in [0.15, 0.2) is 31.5 Å². The van der Waals surface area contributed by atoms with E-state index in [4.69, 9.17) is 56.3 Å². The van der Waals surface area contributed by atoms with Gasteiger partial charge in [-0.25, -0.2) is 8.42 Å². The summed E-state index contributed by atoms with van der Waals surface area (Å²) in [6, 6.07) is 0. The van der Waals surface area contributed by atoms with E-state index in [1.807, 2.05) is 13.8 Å². The van der Waals surface area contributed by atoms with Crippen LogP contribution in [0.25, 0.3) is 0 Å². The first-order chi connectivity index (χ1) is 40.7. The van der Waals surface area contributed by atoms with E-state index in [0.717, 1.165) is 5.57 Å². The molecule has 0 amide bonds.